The minimum absolute atomic E-state index is 0.191. The van der Waals surface area contributed by atoms with E-state index in [4.69, 9.17) is 0 Å². The molecule has 0 bridgehead atoms. The number of thioether (sulfide) groups is 1. The summed E-state index contributed by atoms with van der Waals surface area (Å²) in [4.78, 5) is 2.27. The van der Waals surface area contributed by atoms with Crippen LogP contribution < -0.4 is 4.90 Å². The van der Waals surface area contributed by atoms with E-state index in [9.17, 15) is 9.50 Å². The van der Waals surface area contributed by atoms with Crippen LogP contribution in [0.15, 0.2) is 12.1 Å². The Morgan fingerprint density at radius 1 is 1.42 bits per heavy atom. The lowest BCUT2D eigenvalue weighted by atomic mass is 10.0. The molecule has 0 aliphatic carbocycles. The first-order valence-electron chi connectivity index (χ1n) is 6.67. The molecule has 1 atom stereocenters. The summed E-state index contributed by atoms with van der Waals surface area (Å²) < 4.78 is 13.9. The van der Waals surface area contributed by atoms with Gasteiger partial charge in [0.2, 0.25) is 0 Å². The molecular weight excluding hydrogens is 261 g/mol. The molecule has 0 radical (unpaired) electrons. The van der Waals surface area contributed by atoms with E-state index in [2.05, 4.69) is 18.7 Å². The maximum absolute atomic E-state index is 13.7. The molecule has 0 amide bonds. The van der Waals surface area contributed by atoms with Gasteiger partial charge in [-0.15, -0.1) is 0 Å². The summed E-state index contributed by atoms with van der Waals surface area (Å²) in [5.41, 5.74) is 2.29. The summed E-state index contributed by atoms with van der Waals surface area (Å²) in [7, 11) is 0. The minimum atomic E-state index is -0.650. The average molecular weight is 283 g/mol. The second-order valence-electron chi connectivity index (χ2n) is 5.87. The molecule has 0 aromatic heterocycles. The minimum Gasteiger partial charge on any atom is -0.389 e. The van der Waals surface area contributed by atoms with E-state index in [-0.39, 0.29) is 10.6 Å². The Bertz CT molecular complexity index is 473. The lowest BCUT2D eigenvalue weighted by molar-refractivity contribution is 0.199. The van der Waals surface area contributed by atoms with Crippen LogP contribution in [-0.2, 0) is 0 Å². The number of hydrogen-bond acceptors (Lipinski definition) is 3. The van der Waals surface area contributed by atoms with Crippen molar-refractivity contribution in [1.82, 2.24) is 0 Å². The van der Waals surface area contributed by atoms with E-state index in [1.165, 1.54) is 6.07 Å². The average Bonchev–Trinajstić information content (AvgIpc) is 2.30. The van der Waals surface area contributed by atoms with Crippen molar-refractivity contribution in [3.8, 4) is 0 Å². The molecule has 1 fully saturated rings. The highest BCUT2D eigenvalue weighted by Crippen LogP contribution is 2.36. The van der Waals surface area contributed by atoms with Crippen LogP contribution in [0, 0.1) is 12.7 Å². The largest absolute Gasteiger partial charge is 0.389 e. The van der Waals surface area contributed by atoms with Gasteiger partial charge in [0.25, 0.3) is 0 Å². The first-order chi connectivity index (χ1) is 8.80. The number of anilines is 1. The third-order valence-electron chi connectivity index (χ3n) is 3.52. The Balaban J connectivity index is 2.40. The highest BCUT2D eigenvalue weighted by atomic mass is 32.2. The molecule has 1 aromatic carbocycles. The van der Waals surface area contributed by atoms with Crippen LogP contribution in [0.2, 0.25) is 0 Å². The number of nitrogens with zero attached hydrogens (tertiary/aromatic N) is 1. The van der Waals surface area contributed by atoms with Crippen molar-refractivity contribution < 1.29 is 9.50 Å². The maximum atomic E-state index is 13.7. The normalized spacial score (nSPS) is 20.4. The molecule has 4 heteroatoms. The molecule has 19 heavy (non-hydrogen) atoms. The summed E-state index contributed by atoms with van der Waals surface area (Å²) in [6.07, 6.45) is -0.650. The first-order valence-corrected chi connectivity index (χ1v) is 7.66. The van der Waals surface area contributed by atoms with E-state index in [1.807, 2.05) is 17.8 Å². The van der Waals surface area contributed by atoms with Crippen LogP contribution >= 0.6 is 11.8 Å². The van der Waals surface area contributed by atoms with Gasteiger partial charge in [-0.3, -0.25) is 0 Å². The van der Waals surface area contributed by atoms with Gasteiger partial charge in [0, 0.05) is 34.8 Å². The van der Waals surface area contributed by atoms with Crippen LogP contribution in [0.25, 0.3) is 0 Å². The van der Waals surface area contributed by atoms with Crippen LogP contribution in [0.3, 0.4) is 0 Å². The van der Waals surface area contributed by atoms with E-state index in [0.717, 1.165) is 24.5 Å². The van der Waals surface area contributed by atoms with Gasteiger partial charge in [-0.25, -0.2) is 4.39 Å². The fourth-order valence-corrected chi connectivity index (χ4v) is 3.62. The third-order valence-corrected chi connectivity index (χ3v) is 4.82. The van der Waals surface area contributed by atoms with Crippen LogP contribution in [0.1, 0.15) is 38.0 Å². The molecule has 106 valence electrons. The molecular formula is C15H22FNOS. The van der Waals surface area contributed by atoms with Crippen LogP contribution in [-0.4, -0.2) is 28.7 Å². The highest BCUT2D eigenvalue weighted by Gasteiger charge is 2.29. The Morgan fingerprint density at radius 3 is 2.68 bits per heavy atom. The second-order valence-corrected chi connectivity index (χ2v) is 7.67. The third kappa shape index (κ3) is 3.23. The smallest absolute Gasteiger partial charge is 0.126 e. The highest BCUT2D eigenvalue weighted by molar-refractivity contribution is 8.00. The van der Waals surface area contributed by atoms with E-state index >= 15 is 0 Å². The SMILES string of the molecule is Cc1cc(N2CCSC(C)(C)C2)c(C(C)O)cc1F. The van der Waals surface area contributed by atoms with Crippen molar-refractivity contribution in [2.45, 2.75) is 38.5 Å². The summed E-state index contributed by atoms with van der Waals surface area (Å²) in [6.45, 7) is 9.78. The van der Waals surface area contributed by atoms with Gasteiger partial charge in [0.15, 0.2) is 0 Å². The summed E-state index contributed by atoms with van der Waals surface area (Å²) in [6, 6.07) is 3.34. The fraction of sp³-hybridized carbons (Fsp3) is 0.600. The zero-order chi connectivity index (χ0) is 14.2. The van der Waals surface area contributed by atoms with Crippen LogP contribution in [0.5, 0.6) is 0 Å². The predicted octanol–water partition coefficient (Wildman–Crippen LogP) is 3.52. The Hall–Kier alpha value is -0.740. The number of aliphatic hydroxyl groups excluding tert-OH is 1. The topological polar surface area (TPSA) is 23.5 Å². The number of rotatable bonds is 2. The van der Waals surface area contributed by atoms with Gasteiger partial charge in [0.1, 0.15) is 5.82 Å². The van der Waals surface area contributed by atoms with Gasteiger partial charge in [-0.05, 0) is 45.4 Å². The molecule has 1 saturated heterocycles. The quantitative estimate of drug-likeness (QED) is 0.898. The molecule has 1 aromatic rings. The fourth-order valence-electron chi connectivity index (χ4n) is 2.51. The van der Waals surface area contributed by atoms with Gasteiger partial charge in [-0.1, -0.05) is 0 Å². The summed E-state index contributed by atoms with van der Waals surface area (Å²) in [5, 5.41) is 9.88. The molecule has 1 heterocycles. The molecule has 0 spiro atoms. The van der Waals surface area contributed by atoms with Gasteiger partial charge in [-0.2, -0.15) is 11.8 Å². The number of hydrogen-bond donors (Lipinski definition) is 1. The van der Waals surface area contributed by atoms with Crippen molar-refractivity contribution in [2.24, 2.45) is 0 Å². The second kappa shape index (κ2) is 5.33. The van der Waals surface area contributed by atoms with Crippen molar-refractivity contribution in [3.05, 3.63) is 29.1 Å². The first kappa shape index (κ1) is 14.7. The summed E-state index contributed by atoms with van der Waals surface area (Å²) in [5.74, 6) is 0.813. The van der Waals surface area contributed by atoms with Gasteiger partial charge < -0.3 is 10.0 Å². The van der Waals surface area contributed by atoms with Crippen molar-refractivity contribution >= 4 is 17.4 Å². The number of halogens is 1. The van der Waals surface area contributed by atoms with Gasteiger partial charge in [0.05, 0.1) is 6.10 Å². The number of aryl methyl sites for hydroxylation is 1. The Morgan fingerprint density at radius 2 is 2.11 bits per heavy atom. The molecule has 1 unspecified atom stereocenters. The van der Waals surface area contributed by atoms with E-state index in [1.54, 1.807) is 13.8 Å². The molecule has 0 saturated carbocycles. The standard InChI is InChI=1S/C15H22FNOS/c1-10-7-14(12(11(2)18)8-13(10)16)17-5-6-19-15(3,4)9-17/h7-8,11,18H,5-6,9H2,1-4H3. The Kier molecular flexibility index (Phi) is 4.11. The number of aliphatic hydroxyl groups is 1. The molecule has 1 aliphatic heterocycles. The monoisotopic (exact) mass is 283 g/mol. The predicted molar refractivity (Wildman–Crippen MR) is 80.5 cm³/mol. The Labute approximate surface area is 119 Å². The maximum Gasteiger partial charge on any atom is 0.126 e. The molecule has 2 nitrogen and oxygen atoms in total. The molecule has 1 N–H and O–H groups in total. The van der Waals surface area contributed by atoms with E-state index < -0.39 is 6.10 Å². The lowest BCUT2D eigenvalue weighted by Crippen LogP contribution is -2.43. The van der Waals surface area contributed by atoms with Crippen molar-refractivity contribution in [2.75, 3.05) is 23.7 Å². The lowest BCUT2D eigenvalue weighted by Gasteiger charge is -2.40. The van der Waals surface area contributed by atoms with E-state index in [0.29, 0.717) is 11.1 Å². The summed E-state index contributed by atoms with van der Waals surface area (Å²) >= 11 is 1.96. The zero-order valence-corrected chi connectivity index (χ0v) is 12.9. The van der Waals surface area contributed by atoms with Crippen molar-refractivity contribution in [1.29, 1.82) is 0 Å². The molecule has 1 aliphatic rings. The molecule has 2 rings (SSSR count). The zero-order valence-electron chi connectivity index (χ0n) is 12.0. The van der Waals surface area contributed by atoms with Crippen molar-refractivity contribution in [3.63, 3.8) is 0 Å². The van der Waals surface area contributed by atoms with Gasteiger partial charge >= 0.3 is 0 Å². The number of benzene rings is 1. The van der Waals surface area contributed by atoms with Crippen LogP contribution in [0.4, 0.5) is 10.1 Å².